The number of carbonyl (C=O) groups is 2. The van der Waals surface area contributed by atoms with Crippen LogP contribution in [0, 0.1) is 5.82 Å². The third-order valence-corrected chi connectivity index (χ3v) is 3.97. The molecule has 1 unspecified atom stereocenters. The molecule has 25 heavy (non-hydrogen) atoms. The average molecular weight is 344 g/mol. The molecule has 0 fully saturated rings. The van der Waals surface area contributed by atoms with Gasteiger partial charge in [0.25, 0.3) is 0 Å². The van der Waals surface area contributed by atoms with Gasteiger partial charge in [-0.25, -0.2) is 9.18 Å². The summed E-state index contributed by atoms with van der Waals surface area (Å²) in [6.07, 6.45) is 0.652. The summed E-state index contributed by atoms with van der Waals surface area (Å²) in [7, 11) is 1.32. The Hall–Kier alpha value is -2.73. The number of hydrogen-bond donors (Lipinski definition) is 2. The van der Waals surface area contributed by atoms with Gasteiger partial charge < -0.3 is 15.8 Å². The maximum atomic E-state index is 13.0. The molecule has 0 saturated carbocycles. The second-order valence-electron chi connectivity index (χ2n) is 5.61. The van der Waals surface area contributed by atoms with Gasteiger partial charge in [0.2, 0.25) is 5.91 Å². The molecule has 2 aromatic rings. The number of nitrogens with one attached hydrogen (secondary N) is 1. The number of amides is 1. The third kappa shape index (κ3) is 4.64. The van der Waals surface area contributed by atoms with Gasteiger partial charge in [-0.15, -0.1) is 0 Å². The van der Waals surface area contributed by atoms with E-state index < -0.39 is 12.0 Å². The van der Waals surface area contributed by atoms with Crippen molar-refractivity contribution >= 4 is 11.9 Å². The molecular weight excluding hydrogens is 323 g/mol. The van der Waals surface area contributed by atoms with Crippen molar-refractivity contribution in [1.82, 2.24) is 5.32 Å². The van der Waals surface area contributed by atoms with Gasteiger partial charge in [0.1, 0.15) is 11.9 Å². The molecule has 0 aliphatic rings. The number of carbonyl (C=O) groups excluding carboxylic acids is 2. The number of esters is 1. The molecule has 0 spiro atoms. The van der Waals surface area contributed by atoms with Gasteiger partial charge in [0, 0.05) is 0 Å². The second-order valence-corrected chi connectivity index (χ2v) is 5.61. The summed E-state index contributed by atoms with van der Waals surface area (Å²) >= 11 is 0. The van der Waals surface area contributed by atoms with Crippen LogP contribution in [0.1, 0.15) is 46.9 Å². The molecule has 1 amide bonds. The van der Waals surface area contributed by atoms with Crippen molar-refractivity contribution in [2.24, 2.45) is 5.73 Å². The lowest BCUT2D eigenvalue weighted by atomic mass is 10.0. The molecule has 132 valence electrons. The summed E-state index contributed by atoms with van der Waals surface area (Å²) < 4.78 is 17.6. The van der Waals surface area contributed by atoms with Gasteiger partial charge in [-0.3, -0.25) is 4.79 Å². The Bertz CT molecular complexity index is 729. The number of hydrogen-bond acceptors (Lipinski definition) is 4. The van der Waals surface area contributed by atoms with Crippen molar-refractivity contribution in [3.05, 3.63) is 71.0 Å². The second kappa shape index (κ2) is 8.39. The van der Waals surface area contributed by atoms with E-state index in [0.717, 1.165) is 5.56 Å². The normalized spacial score (nSPS) is 13.0. The fourth-order valence-electron chi connectivity index (χ4n) is 2.47. The van der Waals surface area contributed by atoms with E-state index in [-0.39, 0.29) is 17.8 Å². The first-order valence-electron chi connectivity index (χ1n) is 7.96. The minimum atomic E-state index is -0.885. The van der Waals surface area contributed by atoms with Gasteiger partial charge in [-0.2, -0.15) is 0 Å². The molecule has 2 rings (SSSR count). The van der Waals surface area contributed by atoms with Gasteiger partial charge in [-0.05, 0) is 41.8 Å². The lowest BCUT2D eigenvalue weighted by Crippen LogP contribution is -2.36. The van der Waals surface area contributed by atoms with E-state index in [1.54, 1.807) is 24.3 Å². The van der Waals surface area contributed by atoms with Crippen LogP contribution in [0.4, 0.5) is 4.39 Å². The summed E-state index contributed by atoms with van der Waals surface area (Å²) in [6.45, 7) is 1.93. The highest BCUT2D eigenvalue weighted by Crippen LogP contribution is 2.19. The van der Waals surface area contributed by atoms with Crippen molar-refractivity contribution < 1.29 is 18.7 Å². The molecule has 0 aromatic heterocycles. The Morgan fingerprint density at radius 3 is 2.16 bits per heavy atom. The molecular formula is C19H21FN2O3. The number of benzene rings is 2. The summed E-state index contributed by atoms with van der Waals surface area (Å²) in [5, 5.41) is 2.88. The maximum absolute atomic E-state index is 13.0. The number of halogens is 1. The van der Waals surface area contributed by atoms with E-state index >= 15 is 0 Å². The average Bonchev–Trinajstić information content (AvgIpc) is 2.65. The van der Waals surface area contributed by atoms with Crippen LogP contribution in [0.2, 0.25) is 0 Å². The Morgan fingerprint density at radius 2 is 1.64 bits per heavy atom. The summed E-state index contributed by atoms with van der Waals surface area (Å²) in [6, 6.07) is 11.2. The highest BCUT2D eigenvalue weighted by Gasteiger charge is 2.20. The number of methoxy groups -OCH3 is 1. The minimum Gasteiger partial charge on any atom is -0.465 e. The molecule has 3 N–H and O–H groups in total. The van der Waals surface area contributed by atoms with Crippen LogP contribution < -0.4 is 11.1 Å². The van der Waals surface area contributed by atoms with Gasteiger partial charge in [-0.1, -0.05) is 31.2 Å². The highest BCUT2D eigenvalue weighted by atomic mass is 19.1. The Labute approximate surface area is 146 Å². The van der Waals surface area contributed by atoms with Gasteiger partial charge in [0.15, 0.2) is 0 Å². The third-order valence-electron chi connectivity index (χ3n) is 3.97. The SMILES string of the molecule is CC[C@@H](NC(=O)C(N)c1ccc(F)cc1)c1ccc(C(=O)OC)cc1. The number of rotatable bonds is 6. The molecule has 0 heterocycles. The zero-order valence-corrected chi connectivity index (χ0v) is 14.2. The van der Waals surface area contributed by atoms with Gasteiger partial charge in [0.05, 0.1) is 18.7 Å². The van der Waals surface area contributed by atoms with Crippen molar-refractivity contribution in [3.63, 3.8) is 0 Å². The van der Waals surface area contributed by atoms with Crippen LogP contribution in [-0.2, 0) is 9.53 Å². The fourth-order valence-corrected chi connectivity index (χ4v) is 2.47. The Morgan fingerprint density at radius 1 is 1.08 bits per heavy atom. The lowest BCUT2D eigenvalue weighted by molar-refractivity contribution is -0.123. The van der Waals surface area contributed by atoms with E-state index in [9.17, 15) is 14.0 Å². The number of ether oxygens (including phenoxy) is 1. The molecule has 2 atom stereocenters. The Balaban J connectivity index is 2.09. The first-order valence-corrected chi connectivity index (χ1v) is 7.96. The molecule has 2 aromatic carbocycles. The van der Waals surface area contributed by atoms with E-state index in [1.807, 2.05) is 6.92 Å². The first kappa shape index (κ1) is 18.6. The summed E-state index contributed by atoms with van der Waals surface area (Å²) in [5.74, 6) is -1.15. The van der Waals surface area contributed by atoms with Crippen molar-refractivity contribution in [1.29, 1.82) is 0 Å². The molecule has 0 saturated heterocycles. The predicted molar refractivity (Wildman–Crippen MR) is 92.3 cm³/mol. The summed E-state index contributed by atoms with van der Waals surface area (Å²) in [4.78, 5) is 23.9. The van der Waals surface area contributed by atoms with Crippen molar-refractivity contribution in [3.8, 4) is 0 Å². The van der Waals surface area contributed by atoms with Crippen molar-refractivity contribution in [2.75, 3.05) is 7.11 Å². The molecule has 5 nitrogen and oxygen atoms in total. The lowest BCUT2D eigenvalue weighted by Gasteiger charge is -2.20. The van der Waals surface area contributed by atoms with E-state index in [2.05, 4.69) is 10.1 Å². The van der Waals surface area contributed by atoms with Crippen molar-refractivity contribution in [2.45, 2.75) is 25.4 Å². The molecule has 6 heteroatoms. The van der Waals surface area contributed by atoms with E-state index in [1.165, 1.54) is 31.4 Å². The Kier molecular flexibility index (Phi) is 6.25. The van der Waals surface area contributed by atoms with Gasteiger partial charge >= 0.3 is 5.97 Å². The van der Waals surface area contributed by atoms with E-state index in [0.29, 0.717) is 17.5 Å². The van der Waals surface area contributed by atoms with Crippen LogP contribution in [0.3, 0.4) is 0 Å². The minimum absolute atomic E-state index is 0.245. The number of nitrogens with two attached hydrogens (primary N) is 1. The van der Waals surface area contributed by atoms with Crippen LogP contribution in [0.5, 0.6) is 0 Å². The van der Waals surface area contributed by atoms with Crippen LogP contribution in [-0.4, -0.2) is 19.0 Å². The smallest absolute Gasteiger partial charge is 0.337 e. The zero-order valence-electron chi connectivity index (χ0n) is 14.2. The van der Waals surface area contributed by atoms with E-state index in [4.69, 9.17) is 5.73 Å². The quantitative estimate of drug-likeness (QED) is 0.790. The zero-order chi connectivity index (χ0) is 18.4. The molecule has 0 radical (unpaired) electrons. The molecule has 0 bridgehead atoms. The standard InChI is InChI=1S/C19H21FN2O3/c1-3-16(12-4-6-14(7-5-12)19(24)25-2)22-18(23)17(21)13-8-10-15(20)11-9-13/h4-11,16-17H,3,21H2,1-2H3,(H,22,23)/t16-,17?/m1/s1. The highest BCUT2D eigenvalue weighted by molar-refractivity contribution is 5.89. The summed E-state index contributed by atoms with van der Waals surface area (Å²) in [5.41, 5.74) is 7.79. The maximum Gasteiger partial charge on any atom is 0.337 e. The molecule has 0 aliphatic heterocycles. The largest absolute Gasteiger partial charge is 0.465 e. The fraction of sp³-hybridized carbons (Fsp3) is 0.263. The monoisotopic (exact) mass is 344 g/mol. The van der Waals surface area contributed by atoms with Crippen LogP contribution >= 0.6 is 0 Å². The predicted octanol–water partition coefficient (Wildman–Crippen LogP) is 2.88. The molecule has 0 aliphatic carbocycles. The first-order chi connectivity index (χ1) is 12.0. The topological polar surface area (TPSA) is 81.4 Å². The van der Waals surface area contributed by atoms with Crippen LogP contribution in [0.25, 0.3) is 0 Å². The van der Waals surface area contributed by atoms with Crippen LogP contribution in [0.15, 0.2) is 48.5 Å².